The van der Waals surface area contributed by atoms with Gasteiger partial charge in [0.2, 0.25) is 17.7 Å². The number of benzene rings is 3. The van der Waals surface area contributed by atoms with Crippen molar-refractivity contribution in [3.8, 4) is 0 Å². The maximum Gasteiger partial charge on any atom is 0.399 e. The predicted octanol–water partition coefficient (Wildman–Crippen LogP) is 4.38. The maximum atomic E-state index is 14.4. The number of aromatic nitrogens is 1. The number of nitrogens with one attached hydrogen (secondary N) is 2. The lowest BCUT2D eigenvalue weighted by Gasteiger charge is -2.39. The van der Waals surface area contributed by atoms with Crippen LogP contribution in [0.3, 0.4) is 0 Å². The molecule has 4 N–H and O–H groups in total. The molecule has 2 aliphatic heterocycles. The zero-order chi connectivity index (χ0) is 36.5. The number of para-hydroxylation sites is 1. The highest BCUT2D eigenvalue weighted by atomic mass is 31.2. The second-order valence-corrected chi connectivity index (χ2v) is 14.6. The highest BCUT2D eigenvalue weighted by Crippen LogP contribution is 2.59. The van der Waals surface area contributed by atoms with Gasteiger partial charge in [-0.05, 0) is 61.6 Å². The number of aryl methyl sites for hydroxylation is 1. The van der Waals surface area contributed by atoms with Crippen molar-refractivity contribution in [1.29, 1.82) is 0 Å². The summed E-state index contributed by atoms with van der Waals surface area (Å²) in [6, 6.07) is 20.3. The number of anilines is 1. The van der Waals surface area contributed by atoms with E-state index in [1.807, 2.05) is 36.4 Å². The van der Waals surface area contributed by atoms with Gasteiger partial charge in [-0.2, -0.15) is 8.78 Å². The molecule has 3 heterocycles. The summed E-state index contributed by atoms with van der Waals surface area (Å²) in [5, 5.41) is 2.81. The summed E-state index contributed by atoms with van der Waals surface area (Å²) in [5.74, 6) is -1.77. The maximum absolute atomic E-state index is 14.4. The summed E-state index contributed by atoms with van der Waals surface area (Å²) < 4.78 is 40.3. The first-order valence-corrected chi connectivity index (χ1v) is 18.2. The van der Waals surface area contributed by atoms with E-state index in [0.717, 1.165) is 17.7 Å². The molecule has 2 fully saturated rings. The zero-order valence-corrected chi connectivity index (χ0v) is 28.6. The van der Waals surface area contributed by atoms with Crippen LogP contribution in [0.5, 0.6) is 0 Å². The van der Waals surface area contributed by atoms with Crippen LogP contribution in [0.4, 0.5) is 14.5 Å². The van der Waals surface area contributed by atoms with Gasteiger partial charge >= 0.3 is 13.3 Å². The van der Waals surface area contributed by atoms with E-state index in [1.165, 1.54) is 17.0 Å². The average molecular weight is 722 g/mol. The molecular formula is C36H38F2N5O7P. The SMILES string of the molecule is CN(C(=O)[C@@H]1CC[C@@H]2CCN(C(=O)CCc3ccccc3)C[C@H](NC(=O)c3cc4cc(C(F)(F)P(=O)(O)O)ccc4[nH]3)C(=O)N21)c1ccccc1. The second-order valence-electron chi connectivity index (χ2n) is 12.9. The topological polar surface area (TPSA) is 163 Å². The molecule has 0 bridgehead atoms. The molecule has 4 aromatic rings. The van der Waals surface area contributed by atoms with Gasteiger partial charge in [0.05, 0.1) is 0 Å². The van der Waals surface area contributed by atoms with Crippen LogP contribution in [-0.2, 0) is 31.0 Å². The molecule has 3 atom stereocenters. The van der Waals surface area contributed by atoms with E-state index >= 15 is 0 Å². The smallest absolute Gasteiger partial charge is 0.351 e. The van der Waals surface area contributed by atoms with Crippen LogP contribution in [0.2, 0.25) is 0 Å². The number of fused-ring (bicyclic) bond motifs is 2. The fraction of sp³-hybridized carbons (Fsp3) is 0.333. The summed E-state index contributed by atoms with van der Waals surface area (Å²) in [5.41, 5.74) is -3.60. The van der Waals surface area contributed by atoms with Gasteiger partial charge < -0.3 is 34.8 Å². The van der Waals surface area contributed by atoms with Crippen molar-refractivity contribution in [2.45, 2.75) is 55.9 Å². The predicted molar refractivity (Wildman–Crippen MR) is 185 cm³/mol. The van der Waals surface area contributed by atoms with Crippen LogP contribution in [-0.4, -0.2) is 86.5 Å². The van der Waals surface area contributed by atoms with Gasteiger partial charge in [0.25, 0.3) is 5.91 Å². The average Bonchev–Trinajstić information content (AvgIpc) is 3.75. The minimum absolute atomic E-state index is 0.0849. The fourth-order valence-corrected chi connectivity index (χ4v) is 7.33. The molecule has 1 aromatic heterocycles. The quantitative estimate of drug-likeness (QED) is 0.187. The highest BCUT2D eigenvalue weighted by Gasteiger charge is 2.50. The molecule has 0 spiro atoms. The molecule has 6 rings (SSSR count). The van der Waals surface area contributed by atoms with E-state index in [9.17, 15) is 42.3 Å². The van der Waals surface area contributed by atoms with Gasteiger partial charge in [-0.25, -0.2) is 0 Å². The lowest BCUT2D eigenvalue weighted by molar-refractivity contribution is -0.144. The van der Waals surface area contributed by atoms with Crippen LogP contribution < -0.4 is 10.2 Å². The number of H-pyrrole nitrogens is 1. The lowest BCUT2D eigenvalue weighted by Crippen LogP contribution is -2.61. The first-order valence-electron chi connectivity index (χ1n) is 16.6. The minimum atomic E-state index is -5.83. The molecule has 268 valence electrons. The Morgan fingerprint density at radius 2 is 1.67 bits per heavy atom. The van der Waals surface area contributed by atoms with Crippen LogP contribution in [0.1, 0.15) is 47.3 Å². The van der Waals surface area contributed by atoms with E-state index in [0.29, 0.717) is 37.9 Å². The second kappa shape index (κ2) is 14.4. The largest absolute Gasteiger partial charge is 0.399 e. The van der Waals surface area contributed by atoms with Crippen molar-refractivity contribution in [2.75, 3.05) is 25.0 Å². The Morgan fingerprint density at radius 1 is 0.980 bits per heavy atom. The molecule has 51 heavy (non-hydrogen) atoms. The summed E-state index contributed by atoms with van der Waals surface area (Å²) in [6.45, 7) is 0.141. The van der Waals surface area contributed by atoms with Crippen LogP contribution in [0.15, 0.2) is 84.9 Å². The summed E-state index contributed by atoms with van der Waals surface area (Å²) >= 11 is 0. The Kier molecular flexibility index (Phi) is 10.1. The molecule has 4 amide bonds. The Labute approximate surface area is 292 Å². The first-order chi connectivity index (χ1) is 24.2. The summed E-state index contributed by atoms with van der Waals surface area (Å²) in [6.07, 6.45) is 2.04. The fourth-order valence-electron chi connectivity index (χ4n) is 6.85. The molecule has 0 saturated carbocycles. The first kappa shape index (κ1) is 35.9. The Hall–Kier alpha value is -4.91. The van der Waals surface area contributed by atoms with Gasteiger partial charge in [-0.1, -0.05) is 54.6 Å². The van der Waals surface area contributed by atoms with E-state index < -0.39 is 42.7 Å². The van der Waals surface area contributed by atoms with Crippen molar-refractivity contribution < 1.29 is 42.3 Å². The van der Waals surface area contributed by atoms with Crippen molar-refractivity contribution in [1.82, 2.24) is 20.1 Å². The Morgan fingerprint density at radius 3 is 2.35 bits per heavy atom. The number of carbonyl (C=O) groups is 4. The molecule has 0 unspecified atom stereocenters. The van der Waals surface area contributed by atoms with Crippen molar-refractivity contribution in [3.05, 3.63) is 102 Å². The number of halogens is 2. The van der Waals surface area contributed by atoms with E-state index in [-0.39, 0.29) is 47.4 Å². The minimum Gasteiger partial charge on any atom is -0.351 e. The molecule has 12 nitrogen and oxygen atoms in total. The lowest BCUT2D eigenvalue weighted by atomic mass is 10.0. The van der Waals surface area contributed by atoms with E-state index in [1.54, 1.807) is 41.1 Å². The normalized spacial score (nSPS) is 19.7. The van der Waals surface area contributed by atoms with Gasteiger partial charge in [0.1, 0.15) is 17.8 Å². The van der Waals surface area contributed by atoms with Gasteiger partial charge in [0, 0.05) is 54.8 Å². The number of amides is 4. The molecule has 0 aliphatic carbocycles. The number of carbonyl (C=O) groups excluding carboxylic acids is 4. The molecule has 3 aromatic carbocycles. The zero-order valence-electron chi connectivity index (χ0n) is 27.7. The van der Waals surface area contributed by atoms with Gasteiger partial charge in [-0.15, -0.1) is 0 Å². The third-order valence-corrected chi connectivity index (χ3v) is 10.6. The monoisotopic (exact) mass is 721 g/mol. The number of hydrogen-bond acceptors (Lipinski definition) is 5. The summed E-state index contributed by atoms with van der Waals surface area (Å²) in [7, 11) is -4.18. The van der Waals surface area contributed by atoms with Gasteiger partial charge in [0.15, 0.2) is 0 Å². The van der Waals surface area contributed by atoms with E-state index in [2.05, 4.69) is 10.3 Å². The molecule has 0 radical (unpaired) electrons. The van der Waals surface area contributed by atoms with Crippen LogP contribution in [0.25, 0.3) is 10.9 Å². The third-order valence-electron chi connectivity index (χ3n) is 9.66. The molecular weight excluding hydrogens is 683 g/mol. The molecule has 15 heteroatoms. The van der Waals surface area contributed by atoms with Crippen molar-refractivity contribution >= 4 is 47.8 Å². The number of alkyl halides is 2. The van der Waals surface area contributed by atoms with E-state index in [4.69, 9.17) is 0 Å². The number of rotatable bonds is 9. The van der Waals surface area contributed by atoms with Crippen LogP contribution in [0, 0.1) is 0 Å². The number of likely N-dealkylation sites (N-methyl/N-ethyl adjacent to an activating group) is 1. The third kappa shape index (κ3) is 7.44. The van der Waals surface area contributed by atoms with Crippen molar-refractivity contribution in [2.24, 2.45) is 0 Å². The number of aromatic amines is 1. The highest BCUT2D eigenvalue weighted by molar-refractivity contribution is 7.52. The Balaban J connectivity index is 1.27. The number of nitrogens with zero attached hydrogens (tertiary/aromatic N) is 3. The Bertz CT molecular complexity index is 1990. The number of hydrogen-bond donors (Lipinski definition) is 4. The standard InChI is InChI=1S/C36H38F2N5O7P/c1-41(26-10-6-3-7-11-26)35(47)31-16-14-27-18-19-42(32(44)17-12-23-8-4-2-5-9-23)22-30(34(46)43(27)31)40-33(45)29-21-24-20-25(13-15-28(24)39-29)36(37,38)51(48,49)50/h2-11,13,15,20-21,27,30-31,39H,12,14,16-19,22H2,1H3,(H,40,45)(H2,48,49,50)/t27-,30+,31+/m1/s1. The van der Waals surface area contributed by atoms with Crippen molar-refractivity contribution in [3.63, 3.8) is 0 Å². The summed E-state index contributed by atoms with van der Waals surface area (Å²) in [4.78, 5) is 81.3. The molecule has 2 saturated heterocycles. The molecule has 2 aliphatic rings. The van der Waals surface area contributed by atoms with Gasteiger partial charge in [-0.3, -0.25) is 23.7 Å². The van der Waals surface area contributed by atoms with Crippen LogP contribution >= 0.6 is 7.60 Å².